The number of esters is 1. The molecule has 39 heavy (non-hydrogen) atoms. The monoisotopic (exact) mass is 552 g/mol. The highest BCUT2D eigenvalue weighted by atomic mass is 32.1. The highest BCUT2D eigenvalue weighted by Crippen LogP contribution is 2.36. The number of aromatic nitrogens is 1. The first-order chi connectivity index (χ1) is 18.8. The van der Waals surface area contributed by atoms with Gasteiger partial charge in [0.2, 0.25) is 0 Å². The molecule has 10 heteroatoms. The predicted octanol–water partition coefficient (Wildman–Crippen LogP) is 3.70. The number of hydrogen-bond donors (Lipinski definition) is 1. The van der Waals surface area contributed by atoms with Crippen LogP contribution < -0.4 is 29.1 Å². The van der Waals surface area contributed by atoms with Gasteiger partial charge in [-0.05, 0) is 61.7 Å². The van der Waals surface area contributed by atoms with Gasteiger partial charge in [-0.15, -0.1) is 0 Å². The number of allylic oxidation sites excluding steroid dienone is 1. The van der Waals surface area contributed by atoms with E-state index in [0.29, 0.717) is 50.0 Å². The average Bonchev–Trinajstić information content (AvgIpc) is 3.23. The maximum absolute atomic E-state index is 13.8. The molecular weight excluding hydrogens is 520 g/mol. The summed E-state index contributed by atoms with van der Waals surface area (Å²) in [4.78, 5) is 32.0. The molecule has 0 aliphatic carbocycles. The van der Waals surface area contributed by atoms with Crippen LogP contribution in [0.1, 0.15) is 50.8 Å². The van der Waals surface area contributed by atoms with E-state index in [-0.39, 0.29) is 23.5 Å². The van der Waals surface area contributed by atoms with Gasteiger partial charge in [0.1, 0.15) is 0 Å². The molecule has 1 unspecified atom stereocenters. The van der Waals surface area contributed by atoms with E-state index in [1.807, 2.05) is 6.07 Å². The lowest BCUT2D eigenvalue weighted by Gasteiger charge is -2.25. The Hall–Kier alpha value is -4.05. The van der Waals surface area contributed by atoms with Gasteiger partial charge >= 0.3 is 5.97 Å². The summed E-state index contributed by atoms with van der Waals surface area (Å²) in [6, 6.07) is 9.45. The van der Waals surface area contributed by atoms with E-state index in [4.69, 9.17) is 18.9 Å². The van der Waals surface area contributed by atoms with Crippen molar-refractivity contribution >= 4 is 23.4 Å². The number of carbonyl (C=O) groups excluding carboxylic acids is 1. The number of benzene rings is 2. The molecule has 2 heterocycles. The molecule has 0 bridgehead atoms. The van der Waals surface area contributed by atoms with E-state index < -0.39 is 12.0 Å². The van der Waals surface area contributed by atoms with E-state index in [0.717, 1.165) is 12.8 Å². The summed E-state index contributed by atoms with van der Waals surface area (Å²) in [5, 5.41) is 9.94. The van der Waals surface area contributed by atoms with Crippen molar-refractivity contribution in [1.29, 1.82) is 0 Å². The van der Waals surface area contributed by atoms with E-state index in [2.05, 4.69) is 11.9 Å². The lowest BCUT2D eigenvalue weighted by atomic mass is 9.95. The number of phenols is 1. The first kappa shape index (κ1) is 28.0. The van der Waals surface area contributed by atoms with Crippen LogP contribution in [0.5, 0.6) is 23.0 Å². The fraction of sp³-hybridized carbons (Fsp3) is 0.345. The molecule has 0 amide bonds. The van der Waals surface area contributed by atoms with E-state index in [1.165, 1.54) is 29.1 Å². The second-order valence-electron chi connectivity index (χ2n) is 8.85. The Balaban J connectivity index is 1.89. The Bertz CT molecular complexity index is 1590. The number of thiazole rings is 1. The van der Waals surface area contributed by atoms with Crippen molar-refractivity contribution in [2.24, 2.45) is 4.99 Å². The second-order valence-corrected chi connectivity index (χ2v) is 9.85. The Morgan fingerprint density at radius 1 is 1.10 bits per heavy atom. The number of phenolic OH excluding ortho intramolecular Hbond substituents is 1. The van der Waals surface area contributed by atoms with Crippen LogP contribution in [0.3, 0.4) is 0 Å². The number of rotatable bonds is 10. The van der Waals surface area contributed by atoms with Crippen LogP contribution in [0.15, 0.2) is 57.5 Å². The van der Waals surface area contributed by atoms with Crippen molar-refractivity contribution in [3.8, 4) is 23.0 Å². The van der Waals surface area contributed by atoms with Crippen molar-refractivity contribution in [2.75, 3.05) is 27.4 Å². The minimum absolute atomic E-state index is 0.00174. The first-order valence-corrected chi connectivity index (χ1v) is 13.5. The zero-order valence-corrected chi connectivity index (χ0v) is 23.5. The summed E-state index contributed by atoms with van der Waals surface area (Å²) in [6.45, 7) is 6.29. The van der Waals surface area contributed by atoms with Crippen molar-refractivity contribution in [3.05, 3.63) is 78.5 Å². The van der Waals surface area contributed by atoms with Gasteiger partial charge in [-0.25, -0.2) is 9.79 Å². The van der Waals surface area contributed by atoms with Crippen molar-refractivity contribution in [2.45, 2.75) is 39.7 Å². The Labute approximate surface area is 230 Å². The standard InChI is InChI=1S/C29H32N2O7S/c1-6-8-13-38-21-12-10-19(16-23(21)36-5)26-25(28(34)37-7-2)17(3)30-29-31(26)27(33)24(39-29)15-18-9-11-20(32)22(14-18)35-4/h9-12,14-16,26,32H,6-8,13H2,1-5H3/b24-15-. The highest BCUT2D eigenvalue weighted by molar-refractivity contribution is 7.07. The van der Waals surface area contributed by atoms with Gasteiger partial charge in [0, 0.05) is 0 Å². The molecule has 1 aromatic heterocycles. The maximum atomic E-state index is 13.8. The van der Waals surface area contributed by atoms with Gasteiger partial charge in [-0.1, -0.05) is 36.8 Å². The van der Waals surface area contributed by atoms with Crippen LogP contribution in [0, 0.1) is 0 Å². The third-order valence-corrected chi connectivity index (χ3v) is 7.26. The SMILES string of the molecule is CCCCOc1ccc(C2C(C(=O)OCC)=C(C)N=c3s/c(=C\c4ccc(O)c(OC)c4)c(=O)n32)cc1OC. The first-order valence-electron chi connectivity index (χ1n) is 12.7. The number of nitrogens with zero attached hydrogens (tertiary/aromatic N) is 2. The molecule has 0 saturated heterocycles. The third kappa shape index (κ3) is 5.70. The predicted molar refractivity (Wildman–Crippen MR) is 148 cm³/mol. The molecule has 4 rings (SSSR count). The summed E-state index contributed by atoms with van der Waals surface area (Å²) in [5.74, 6) is 0.843. The van der Waals surface area contributed by atoms with Crippen molar-refractivity contribution in [1.82, 2.24) is 4.57 Å². The van der Waals surface area contributed by atoms with Crippen LogP contribution in [-0.2, 0) is 9.53 Å². The number of ether oxygens (including phenoxy) is 4. The zero-order chi connectivity index (χ0) is 28.1. The molecule has 1 aliphatic rings. The van der Waals surface area contributed by atoms with Crippen LogP contribution >= 0.6 is 11.3 Å². The highest BCUT2D eigenvalue weighted by Gasteiger charge is 2.34. The minimum atomic E-state index is -0.782. The summed E-state index contributed by atoms with van der Waals surface area (Å²) in [5.41, 5.74) is 1.77. The summed E-state index contributed by atoms with van der Waals surface area (Å²) in [6.07, 6.45) is 3.61. The number of aromatic hydroxyl groups is 1. The van der Waals surface area contributed by atoms with Gasteiger partial charge in [-0.2, -0.15) is 0 Å². The molecule has 1 aliphatic heterocycles. The van der Waals surface area contributed by atoms with Gasteiger partial charge < -0.3 is 24.1 Å². The molecule has 2 aromatic carbocycles. The van der Waals surface area contributed by atoms with Crippen LogP contribution in [-0.4, -0.2) is 43.1 Å². The third-order valence-electron chi connectivity index (χ3n) is 6.28. The van der Waals surface area contributed by atoms with Gasteiger partial charge in [0.25, 0.3) is 5.56 Å². The maximum Gasteiger partial charge on any atom is 0.338 e. The lowest BCUT2D eigenvalue weighted by Crippen LogP contribution is -2.40. The number of unbranched alkanes of at least 4 members (excludes halogenated alkanes) is 1. The van der Waals surface area contributed by atoms with E-state index in [9.17, 15) is 14.7 Å². The molecule has 0 fully saturated rings. The molecule has 9 nitrogen and oxygen atoms in total. The molecule has 1 N–H and O–H groups in total. The number of methoxy groups -OCH3 is 2. The summed E-state index contributed by atoms with van der Waals surface area (Å²) in [7, 11) is 3.01. The Morgan fingerprint density at radius 2 is 1.87 bits per heavy atom. The average molecular weight is 553 g/mol. The van der Waals surface area contributed by atoms with E-state index >= 15 is 0 Å². The summed E-state index contributed by atoms with van der Waals surface area (Å²) < 4.78 is 24.0. The molecule has 0 radical (unpaired) electrons. The van der Waals surface area contributed by atoms with E-state index in [1.54, 1.807) is 51.3 Å². The number of fused-ring (bicyclic) bond motifs is 1. The topological polar surface area (TPSA) is 109 Å². The van der Waals surface area contributed by atoms with Gasteiger partial charge in [-0.3, -0.25) is 9.36 Å². The quantitative estimate of drug-likeness (QED) is 0.302. The molecule has 3 aromatic rings. The largest absolute Gasteiger partial charge is 0.504 e. The Kier molecular flexibility index (Phi) is 8.75. The second kappa shape index (κ2) is 12.2. The molecular formula is C29H32N2O7S. The van der Waals surface area contributed by atoms with Gasteiger partial charge in [0.05, 0.1) is 49.3 Å². The molecule has 206 valence electrons. The lowest BCUT2D eigenvalue weighted by molar-refractivity contribution is -0.139. The van der Waals surface area contributed by atoms with Crippen LogP contribution in [0.4, 0.5) is 0 Å². The van der Waals surface area contributed by atoms with Crippen molar-refractivity contribution in [3.63, 3.8) is 0 Å². The molecule has 0 saturated carbocycles. The zero-order valence-electron chi connectivity index (χ0n) is 22.6. The summed E-state index contributed by atoms with van der Waals surface area (Å²) >= 11 is 1.21. The Morgan fingerprint density at radius 3 is 2.56 bits per heavy atom. The minimum Gasteiger partial charge on any atom is -0.504 e. The molecule has 0 spiro atoms. The van der Waals surface area contributed by atoms with Crippen LogP contribution in [0.25, 0.3) is 6.08 Å². The fourth-order valence-electron chi connectivity index (χ4n) is 4.34. The van der Waals surface area contributed by atoms with Crippen molar-refractivity contribution < 1.29 is 28.8 Å². The fourth-order valence-corrected chi connectivity index (χ4v) is 5.39. The smallest absolute Gasteiger partial charge is 0.338 e. The number of hydrogen-bond acceptors (Lipinski definition) is 9. The van der Waals surface area contributed by atoms with Gasteiger partial charge in [0.15, 0.2) is 27.8 Å². The normalized spacial score (nSPS) is 15.0. The number of carbonyl (C=O) groups is 1. The molecule has 1 atom stereocenters. The van der Waals surface area contributed by atoms with Crippen LogP contribution in [0.2, 0.25) is 0 Å².